The lowest BCUT2D eigenvalue weighted by atomic mass is 9.91. The van der Waals surface area contributed by atoms with Crippen LogP contribution in [-0.2, 0) is 17.8 Å². The van der Waals surface area contributed by atoms with Gasteiger partial charge in [-0.15, -0.1) is 0 Å². The standard InChI is InChI=1S/C14H24N4O/c1-3-5-12-16-8-9-18(12)10-14(13(15)19,17-4-2)11-6-7-11/h8-9,11,17H,3-7,10H2,1-2H3,(H2,15,19). The van der Waals surface area contributed by atoms with Crippen LogP contribution in [0.25, 0.3) is 0 Å². The highest BCUT2D eigenvalue weighted by atomic mass is 16.1. The summed E-state index contributed by atoms with van der Waals surface area (Å²) in [6.45, 7) is 5.49. The fraction of sp³-hybridized carbons (Fsp3) is 0.714. The number of carbonyl (C=O) groups is 1. The topological polar surface area (TPSA) is 72.9 Å². The van der Waals surface area contributed by atoms with Gasteiger partial charge in [0.1, 0.15) is 11.4 Å². The molecule has 1 amide bonds. The molecule has 1 saturated carbocycles. The molecule has 5 heteroatoms. The van der Waals surface area contributed by atoms with Gasteiger partial charge in [0.15, 0.2) is 0 Å². The molecule has 106 valence electrons. The van der Waals surface area contributed by atoms with Crippen LogP contribution in [0.1, 0.15) is 38.9 Å². The zero-order valence-electron chi connectivity index (χ0n) is 11.9. The highest BCUT2D eigenvalue weighted by molar-refractivity contribution is 5.85. The maximum Gasteiger partial charge on any atom is 0.239 e. The molecule has 1 atom stereocenters. The summed E-state index contributed by atoms with van der Waals surface area (Å²) in [5, 5.41) is 3.34. The van der Waals surface area contributed by atoms with Gasteiger partial charge in [0.25, 0.3) is 0 Å². The predicted octanol–water partition coefficient (Wildman–Crippen LogP) is 1.08. The first kappa shape index (κ1) is 14.1. The minimum Gasteiger partial charge on any atom is -0.368 e. The van der Waals surface area contributed by atoms with Gasteiger partial charge in [-0.25, -0.2) is 4.98 Å². The summed E-state index contributed by atoms with van der Waals surface area (Å²) in [5.74, 6) is 1.15. The summed E-state index contributed by atoms with van der Waals surface area (Å²) in [6.07, 6.45) is 7.88. The molecule has 5 nitrogen and oxygen atoms in total. The lowest BCUT2D eigenvalue weighted by Crippen LogP contribution is -2.59. The van der Waals surface area contributed by atoms with Gasteiger partial charge in [0, 0.05) is 18.8 Å². The Morgan fingerprint density at radius 3 is 2.84 bits per heavy atom. The van der Waals surface area contributed by atoms with Crippen molar-refractivity contribution in [1.29, 1.82) is 0 Å². The molecule has 1 aliphatic rings. The first-order valence-electron chi connectivity index (χ1n) is 7.19. The number of amides is 1. The molecular weight excluding hydrogens is 240 g/mol. The number of nitrogens with two attached hydrogens (primary N) is 1. The van der Waals surface area contributed by atoms with E-state index in [1.54, 1.807) is 6.20 Å². The molecule has 3 N–H and O–H groups in total. The molecule has 1 heterocycles. The second-order valence-corrected chi connectivity index (χ2v) is 5.36. The highest BCUT2D eigenvalue weighted by Gasteiger charge is 2.49. The molecule has 1 aromatic rings. The van der Waals surface area contributed by atoms with Crippen molar-refractivity contribution in [3.8, 4) is 0 Å². The van der Waals surface area contributed by atoms with Crippen LogP contribution in [0.3, 0.4) is 0 Å². The number of nitrogens with zero attached hydrogens (tertiary/aromatic N) is 2. The molecule has 0 saturated heterocycles. The molecule has 1 fully saturated rings. The highest BCUT2D eigenvalue weighted by Crippen LogP contribution is 2.40. The van der Waals surface area contributed by atoms with Crippen molar-refractivity contribution >= 4 is 5.91 Å². The monoisotopic (exact) mass is 264 g/mol. The number of aromatic nitrogens is 2. The Morgan fingerprint density at radius 2 is 2.32 bits per heavy atom. The second kappa shape index (κ2) is 5.74. The Labute approximate surface area is 114 Å². The molecule has 0 bridgehead atoms. The molecule has 0 aromatic carbocycles. The number of nitrogens with one attached hydrogen (secondary N) is 1. The van der Waals surface area contributed by atoms with E-state index in [1.807, 2.05) is 13.1 Å². The molecule has 1 unspecified atom stereocenters. The summed E-state index contributed by atoms with van der Waals surface area (Å²) < 4.78 is 2.08. The fourth-order valence-corrected chi connectivity index (χ4v) is 2.79. The number of aryl methyl sites for hydroxylation is 1. The molecule has 1 aliphatic carbocycles. The Balaban J connectivity index is 2.24. The third-order valence-electron chi connectivity index (χ3n) is 3.90. The van der Waals surface area contributed by atoms with E-state index in [0.29, 0.717) is 12.5 Å². The third kappa shape index (κ3) is 2.81. The maximum atomic E-state index is 12.0. The van der Waals surface area contributed by atoms with Crippen LogP contribution in [0.15, 0.2) is 12.4 Å². The van der Waals surface area contributed by atoms with Gasteiger partial charge >= 0.3 is 0 Å². The van der Waals surface area contributed by atoms with Crippen molar-refractivity contribution in [3.63, 3.8) is 0 Å². The van der Waals surface area contributed by atoms with Gasteiger partial charge in [-0.05, 0) is 31.7 Å². The number of hydrogen-bond acceptors (Lipinski definition) is 3. The molecular formula is C14H24N4O. The minimum absolute atomic E-state index is 0.243. The van der Waals surface area contributed by atoms with Gasteiger partial charge in [-0.2, -0.15) is 0 Å². The zero-order chi connectivity index (χ0) is 13.9. The number of carbonyl (C=O) groups excluding carboxylic acids is 1. The van der Waals surface area contributed by atoms with Crippen LogP contribution in [0.4, 0.5) is 0 Å². The number of imidazole rings is 1. The number of primary amides is 1. The maximum absolute atomic E-state index is 12.0. The summed E-state index contributed by atoms with van der Waals surface area (Å²) in [4.78, 5) is 16.4. The first-order chi connectivity index (χ1) is 9.14. The largest absolute Gasteiger partial charge is 0.368 e. The molecule has 0 aliphatic heterocycles. The van der Waals surface area contributed by atoms with Crippen LogP contribution in [0, 0.1) is 5.92 Å². The van der Waals surface area contributed by atoms with E-state index >= 15 is 0 Å². The predicted molar refractivity (Wildman–Crippen MR) is 74.5 cm³/mol. The lowest BCUT2D eigenvalue weighted by molar-refractivity contribution is -0.126. The van der Waals surface area contributed by atoms with Gasteiger partial charge in [0.05, 0.1) is 6.54 Å². The van der Waals surface area contributed by atoms with E-state index in [2.05, 4.69) is 21.8 Å². The number of rotatable bonds is 8. The Morgan fingerprint density at radius 1 is 1.58 bits per heavy atom. The number of likely N-dealkylation sites (N-methyl/N-ethyl adjacent to an activating group) is 1. The van der Waals surface area contributed by atoms with Crippen molar-refractivity contribution in [1.82, 2.24) is 14.9 Å². The summed E-state index contributed by atoms with van der Waals surface area (Å²) >= 11 is 0. The van der Waals surface area contributed by atoms with Gasteiger partial charge in [0.2, 0.25) is 5.91 Å². The minimum atomic E-state index is -0.613. The quantitative estimate of drug-likeness (QED) is 0.738. The molecule has 2 rings (SSSR count). The van der Waals surface area contributed by atoms with Crippen LogP contribution >= 0.6 is 0 Å². The molecule has 0 spiro atoms. The van der Waals surface area contributed by atoms with Crippen molar-refractivity contribution in [2.45, 2.75) is 51.6 Å². The Kier molecular flexibility index (Phi) is 4.24. The van der Waals surface area contributed by atoms with Crippen LogP contribution < -0.4 is 11.1 Å². The van der Waals surface area contributed by atoms with E-state index in [1.165, 1.54) is 0 Å². The Bertz CT molecular complexity index is 438. The van der Waals surface area contributed by atoms with Crippen LogP contribution in [0.5, 0.6) is 0 Å². The van der Waals surface area contributed by atoms with Crippen molar-refractivity contribution in [2.24, 2.45) is 11.7 Å². The van der Waals surface area contributed by atoms with E-state index in [0.717, 1.165) is 38.1 Å². The average Bonchev–Trinajstić information content (AvgIpc) is 3.13. The second-order valence-electron chi connectivity index (χ2n) is 5.36. The smallest absolute Gasteiger partial charge is 0.239 e. The van der Waals surface area contributed by atoms with E-state index < -0.39 is 5.54 Å². The normalized spacial score (nSPS) is 18.2. The van der Waals surface area contributed by atoms with Crippen LogP contribution in [-0.4, -0.2) is 27.5 Å². The van der Waals surface area contributed by atoms with Gasteiger partial charge in [-0.3, -0.25) is 4.79 Å². The van der Waals surface area contributed by atoms with Crippen molar-refractivity contribution in [3.05, 3.63) is 18.2 Å². The van der Waals surface area contributed by atoms with Crippen LogP contribution in [0.2, 0.25) is 0 Å². The SMILES string of the molecule is CCCc1nccn1CC(NCC)(C(N)=O)C1CC1. The Hall–Kier alpha value is -1.36. The summed E-state index contributed by atoms with van der Waals surface area (Å²) in [7, 11) is 0. The summed E-state index contributed by atoms with van der Waals surface area (Å²) in [5.41, 5.74) is 5.09. The summed E-state index contributed by atoms with van der Waals surface area (Å²) in [6, 6.07) is 0. The first-order valence-corrected chi connectivity index (χ1v) is 7.19. The van der Waals surface area contributed by atoms with Gasteiger partial charge < -0.3 is 15.6 Å². The molecule has 0 radical (unpaired) electrons. The van der Waals surface area contributed by atoms with Crippen molar-refractivity contribution in [2.75, 3.05) is 6.54 Å². The fourth-order valence-electron chi connectivity index (χ4n) is 2.79. The average molecular weight is 264 g/mol. The zero-order valence-corrected chi connectivity index (χ0v) is 11.9. The number of hydrogen-bond donors (Lipinski definition) is 2. The van der Waals surface area contributed by atoms with E-state index in [-0.39, 0.29) is 5.91 Å². The third-order valence-corrected chi connectivity index (χ3v) is 3.90. The van der Waals surface area contributed by atoms with E-state index in [4.69, 9.17) is 5.73 Å². The van der Waals surface area contributed by atoms with E-state index in [9.17, 15) is 4.79 Å². The lowest BCUT2D eigenvalue weighted by Gasteiger charge is -2.32. The molecule has 1 aromatic heterocycles. The molecule has 19 heavy (non-hydrogen) atoms. The van der Waals surface area contributed by atoms with Crippen molar-refractivity contribution < 1.29 is 4.79 Å². The van der Waals surface area contributed by atoms with Gasteiger partial charge in [-0.1, -0.05) is 13.8 Å².